The van der Waals surface area contributed by atoms with Gasteiger partial charge in [0.1, 0.15) is 6.54 Å². The van der Waals surface area contributed by atoms with Gasteiger partial charge >= 0.3 is 0 Å². The van der Waals surface area contributed by atoms with E-state index in [1.165, 1.54) is 57.5 Å². The summed E-state index contributed by atoms with van der Waals surface area (Å²) in [5.74, 6) is 1.80. The fraction of sp³-hybridized carbons (Fsp3) is 0.737. The van der Waals surface area contributed by atoms with Gasteiger partial charge in [-0.1, -0.05) is 31.7 Å². The minimum Gasteiger partial charge on any atom is -1.00 e. The molecule has 1 aromatic heterocycles. The molecule has 22 heavy (non-hydrogen) atoms. The summed E-state index contributed by atoms with van der Waals surface area (Å²) in [6.45, 7) is 3.39. The molecular weight excluding hydrogens is 309 g/mol. The summed E-state index contributed by atoms with van der Waals surface area (Å²) in [6.07, 6.45) is 15.1. The first kappa shape index (κ1) is 18.2. The summed E-state index contributed by atoms with van der Waals surface area (Å²) in [5.41, 5.74) is 2.04. The van der Waals surface area contributed by atoms with Gasteiger partial charge in [-0.25, -0.2) is 4.57 Å². The molecule has 2 fully saturated rings. The molecule has 0 bridgehead atoms. The average Bonchev–Trinajstić information content (AvgIpc) is 3.23. The predicted molar refractivity (Wildman–Crippen MR) is 92.5 cm³/mol. The van der Waals surface area contributed by atoms with Crippen LogP contribution < -0.4 is 17.0 Å². The first-order valence-corrected chi connectivity index (χ1v) is 9.83. The zero-order valence-electron chi connectivity index (χ0n) is 13.9. The Balaban J connectivity index is 0.00000176. The summed E-state index contributed by atoms with van der Waals surface area (Å²) in [6, 6.07) is 6.90. The molecule has 2 aliphatic carbocycles. The molecule has 0 N–H and O–H groups in total. The maximum absolute atomic E-state index is 3.14. The number of hydrogen-bond donors (Lipinski definition) is 0. The Hall–Kier alpha value is -0.130. The molecule has 2 aliphatic rings. The Morgan fingerprint density at radius 3 is 2.05 bits per heavy atom. The average molecular weight is 340 g/mol. The molecule has 0 aromatic carbocycles. The van der Waals surface area contributed by atoms with Crippen LogP contribution in [0.3, 0.4) is 0 Å². The highest BCUT2D eigenvalue weighted by Crippen LogP contribution is 2.52. The number of aromatic nitrogens is 1. The maximum Gasteiger partial charge on any atom is 0.188 e. The molecule has 2 saturated carbocycles. The fourth-order valence-electron chi connectivity index (χ4n) is 5.25. The molecule has 0 radical (unpaired) electrons. The summed E-state index contributed by atoms with van der Waals surface area (Å²) < 4.78 is 2.53. The van der Waals surface area contributed by atoms with Gasteiger partial charge in [0.25, 0.3) is 0 Å². The van der Waals surface area contributed by atoms with Crippen molar-refractivity contribution in [2.75, 3.05) is 6.16 Å². The lowest BCUT2D eigenvalue weighted by molar-refractivity contribution is -0.705. The van der Waals surface area contributed by atoms with Crippen molar-refractivity contribution in [2.24, 2.45) is 11.8 Å². The molecule has 1 atom stereocenters. The summed E-state index contributed by atoms with van der Waals surface area (Å²) in [5, 5.41) is 0. The Morgan fingerprint density at radius 2 is 1.59 bits per heavy atom. The van der Waals surface area contributed by atoms with Crippen LogP contribution in [-0.2, 0) is 12.0 Å². The third-order valence-electron chi connectivity index (χ3n) is 6.26. The van der Waals surface area contributed by atoms with E-state index in [1.54, 1.807) is 5.69 Å². The quantitative estimate of drug-likeness (QED) is 0.565. The monoisotopic (exact) mass is 339 g/mol. The molecule has 1 heterocycles. The Kier molecular flexibility index (Phi) is 6.72. The van der Waals surface area contributed by atoms with Crippen molar-refractivity contribution in [1.29, 1.82) is 0 Å². The smallest absolute Gasteiger partial charge is 0.188 e. The molecule has 0 spiro atoms. The first-order chi connectivity index (χ1) is 10.3. The van der Waals surface area contributed by atoms with E-state index in [0.29, 0.717) is 5.41 Å². The van der Waals surface area contributed by atoms with Crippen LogP contribution in [-0.4, -0.2) is 6.16 Å². The number of rotatable bonds is 5. The van der Waals surface area contributed by atoms with Gasteiger partial charge in [0.05, 0.1) is 5.41 Å². The standard InChI is InChI=1S/C19H31NP.ClH/c1-2-20-14-8-7-13-18(20)19(15-21,16-9-3-4-10-16)17-11-5-6-12-17;/h7-8,13-14,16-17H,2-6,9-12,15,21H2,1H3;1H/q+1;/p-1. The highest BCUT2D eigenvalue weighted by atomic mass is 35.5. The van der Waals surface area contributed by atoms with Crippen molar-refractivity contribution in [3.05, 3.63) is 30.1 Å². The van der Waals surface area contributed by atoms with Gasteiger partial charge in [0, 0.05) is 12.1 Å². The minimum absolute atomic E-state index is 0. The van der Waals surface area contributed by atoms with Crippen LogP contribution >= 0.6 is 9.24 Å². The van der Waals surface area contributed by atoms with Crippen LogP contribution in [0.1, 0.15) is 64.0 Å². The Morgan fingerprint density at radius 1 is 1.05 bits per heavy atom. The lowest BCUT2D eigenvalue weighted by Crippen LogP contribution is -3.00. The van der Waals surface area contributed by atoms with Gasteiger partial charge < -0.3 is 12.4 Å². The second kappa shape index (κ2) is 8.11. The summed E-state index contributed by atoms with van der Waals surface area (Å²) in [7, 11) is 3.14. The van der Waals surface area contributed by atoms with Crippen LogP contribution in [0.2, 0.25) is 0 Å². The lowest BCUT2D eigenvalue weighted by Gasteiger charge is -2.41. The van der Waals surface area contributed by atoms with E-state index in [9.17, 15) is 0 Å². The van der Waals surface area contributed by atoms with Gasteiger partial charge in [0.15, 0.2) is 11.9 Å². The molecule has 1 nitrogen and oxygen atoms in total. The number of hydrogen-bond acceptors (Lipinski definition) is 0. The molecule has 1 unspecified atom stereocenters. The van der Waals surface area contributed by atoms with Gasteiger partial charge in [-0.05, 0) is 50.6 Å². The van der Waals surface area contributed by atoms with E-state index < -0.39 is 0 Å². The minimum atomic E-state index is 0. The Labute approximate surface area is 144 Å². The third-order valence-corrected chi connectivity index (χ3v) is 6.94. The van der Waals surface area contributed by atoms with E-state index in [-0.39, 0.29) is 12.4 Å². The van der Waals surface area contributed by atoms with Crippen LogP contribution in [0.5, 0.6) is 0 Å². The van der Waals surface area contributed by atoms with Crippen LogP contribution in [0.25, 0.3) is 0 Å². The molecule has 0 saturated heterocycles. The van der Waals surface area contributed by atoms with Gasteiger partial charge in [-0.3, -0.25) is 0 Å². The lowest BCUT2D eigenvalue weighted by atomic mass is 9.63. The molecule has 0 amide bonds. The largest absolute Gasteiger partial charge is 1.00 e. The van der Waals surface area contributed by atoms with Crippen molar-refractivity contribution in [3.8, 4) is 0 Å². The first-order valence-electron chi connectivity index (χ1n) is 9.02. The highest BCUT2D eigenvalue weighted by Gasteiger charge is 2.51. The molecule has 1 aromatic rings. The topological polar surface area (TPSA) is 3.88 Å². The molecule has 124 valence electrons. The van der Waals surface area contributed by atoms with E-state index in [1.807, 2.05) is 0 Å². The van der Waals surface area contributed by atoms with Gasteiger partial charge in [-0.15, -0.1) is 9.24 Å². The highest BCUT2D eigenvalue weighted by molar-refractivity contribution is 7.16. The fourth-order valence-corrected chi connectivity index (χ4v) is 6.12. The third kappa shape index (κ3) is 3.09. The number of pyridine rings is 1. The van der Waals surface area contributed by atoms with Crippen molar-refractivity contribution >= 4 is 9.24 Å². The molecular formula is C19H31ClNP. The number of nitrogens with zero attached hydrogens (tertiary/aromatic N) is 1. The van der Waals surface area contributed by atoms with E-state index in [4.69, 9.17) is 0 Å². The zero-order chi connectivity index (χ0) is 14.7. The SMILES string of the molecule is CC[n+]1ccccc1C(CP)(C1CCCC1)C1CCCC1.[Cl-]. The van der Waals surface area contributed by atoms with Gasteiger partial charge in [-0.2, -0.15) is 0 Å². The number of aryl methyl sites for hydroxylation is 1. The normalized spacial score (nSPS) is 20.3. The zero-order valence-corrected chi connectivity index (χ0v) is 15.8. The summed E-state index contributed by atoms with van der Waals surface area (Å²) in [4.78, 5) is 0. The predicted octanol–water partition coefficient (Wildman–Crippen LogP) is 1.49. The van der Waals surface area contributed by atoms with E-state index >= 15 is 0 Å². The van der Waals surface area contributed by atoms with Gasteiger partial charge in [0.2, 0.25) is 0 Å². The number of halogens is 1. The molecule has 0 aliphatic heterocycles. The van der Waals surface area contributed by atoms with Crippen molar-refractivity contribution < 1.29 is 17.0 Å². The van der Waals surface area contributed by atoms with E-state index in [0.717, 1.165) is 18.4 Å². The van der Waals surface area contributed by atoms with Crippen molar-refractivity contribution in [1.82, 2.24) is 0 Å². The molecule has 3 heteroatoms. The van der Waals surface area contributed by atoms with Crippen LogP contribution in [0.15, 0.2) is 24.4 Å². The molecule has 3 rings (SSSR count). The van der Waals surface area contributed by atoms with E-state index in [2.05, 4.69) is 45.1 Å². The van der Waals surface area contributed by atoms with Crippen LogP contribution in [0.4, 0.5) is 0 Å². The summed E-state index contributed by atoms with van der Waals surface area (Å²) >= 11 is 0. The van der Waals surface area contributed by atoms with Crippen molar-refractivity contribution in [3.63, 3.8) is 0 Å². The second-order valence-electron chi connectivity index (χ2n) is 7.08. The van der Waals surface area contributed by atoms with Crippen LogP contribution in [0, 0.1) is 11.8 Å². The van der Waals surface area contributed by atoms with Crippen molar-refractivity contribution in [2.45, 2.75) is 70.3 Å². The Bertz CT molecular complexity index is 448. The maximum atomic E-state index is 3.14. The second-order valence-corrected chi connectivity index (χ2v) is 7.49.